The molecule has 24 heavy (non-hydrogen) atoms. The number of hydrogen-bond acceptors (Lipinski definition) is 4. The molecular formula is C18H22N2O4. The van der Waals surface area contributed by atoms with Crippen molar-refractivity contribution in [2.24, 2.45) is 11.3 Å². The van der Waals surface area contributed by atoms with Crippen molar-refractivity contribution in [2.45, 2.75) is 25.7 Å². The van der Waals surface area contributed by atoms with E-state index in [0.717, 1.165) is 36.4 Å². The Morgan fingerprint density at radius 2 is 2.17 bits per heavy atom. The Morgan fingerprint density at radius 1 is 1.33 bits per heavy atom. The molecule has 2 heterocycles. The molecular weight excluding hydrogens is 308 g/mol. The number of hydroxylamine groups is 2. The van der Waals surface area contributed by atoms with E-state index in [9.17, 15) is 14.8 Å². The average molecular weight is 330 g/mol. The van der Waals surface area contributed by atoms with Crippen LogP contribution in [0.2, 0.25) is 0 Å². The van der Waals surface area contributed by atoms with Gasteiger partial charge in [-0.1, -0.05) is 6.07 Å². The van der Waals surface area contributed by atoms with E-state index in [1.165, 1.54) is 5.56 Å². The fourth-order valence-corrected chi connectivity index (χ4v) is 3.98. The van der Waals surface area contributed by atoms with Crippen LogP contribution in [0.5, 0.6) is 0 Å². The van der Waals surface area contributed by atoms with E-state index in [1.807, 2.05) is 12.1 Å². The molecule has 4 rings (SSSR count). The number of fused-ring (bicyclic) bond motifs is 1. The minimum atomic E-state index is -0.359. The quantitative estimate of drug-likeness (QED) is 0.644. The average Bonchev–Trinajstić information content (AvgIpc) is 2.90. The molecule has 3 aliphatic rings. The maximum absolute atomic E-state index is 12.4. The maximum atomic E-state index is 12.4. The Bertz CT molecular complexity index is 686. The first-order valence-electron chi connectivity index (χ1n) is 8.52. The molecule has 2 N–H and O–H groups in total. The van der Waals surface area contributed by atoms with Crippen molar-refractivity contribution in [3.8, 4) is 0 Å². The minimum Gasteiger partial charge on any atom is -0.381 e. The molecule has 0 radical (unpaired) electrons. The zero-order chi connectivity index (χ0) is 16.7. The standard InChI is InChI=1S/C18H22N2O4/c21-16-7-18(11-19-16)4-3-13-5-14(1-2-15(13)6-18)17(22)20(23)8-12-9-24-10-12/h1-2,5,12,23H,3-4,6-11H2,(H,19,21)/t18-/m0/s1. The Kier molecular flexibility index (Phi) is 3.81. The Balaban J connectivity index is 1.48. The van der Waals surface area contributed by atoms with Crippen molar-refractivity contribution in [3.63, 3.8) is 0 Å². The summed E-state index contributed by atoms with van der Waals surface area (Å²) in [4.78, 5) is 23.9. The number of hydrogen-bond donors (Lipinski definition) is 2. The molecule has 2 fully saturated rings. The van der Waals surface area contributed by atoms with Crippen molar-refractivity contribution in [2.75, 3.05) is 26.3 Å². The van der Waals surface area contributed by atoms with Crippen LogP contribution in [0.1, 0.15) is 34.3 Å². The lowest BCUT2D eigenvalue weighted by atomic mass is 9.71. The van der Waals surface area contributed by atoms with Gasteiger partial charge in [-0.25, -0.2) is 5.06 Å². The molecule has 1 aromatic rings. The first-order valence-corrected chi connectivity index (χ1v) is 8.52. The first kappa shape index (κ1) is 15.6. The van der Waals surface area contributed by atoms with E-state index in [2.05, 4.69) is 5.32 Å². The predicted molar refractivity (Wildman–Crippen MR) is 85.7 cm³/mol. The fraction of sp³-hybridized carbons (Fsp3) is 0.556. The summed E-state index contributed by atoms with van der Waals surface area (Å²) in [6.07, 6.45) is 3.30. The maximum Gasteiger partial charge on any atom is 0.277 e. The summed E-state index contributed by atoms with van der Waals surface area (Å²) < 4.78 is 5.07. The topological polar surface area (TPSA) is 78.9 Å². The van der Waals surface area contributed by atoms with Gasteiger partial charge in [0.2, 0.25) is 5.91 Å². The van der Waals surface area contributed by atoms with Gasteiger partial charge in [0.15, 0.2) is 0 Å². The largest absolute Gasteiger partial charge is 0.381 e. The molecule has 6 heteroatoms. The monoisotopic (exact) mass is 330 g/mol. The summed E-state index contributed by atoms with van der Waals surface area (Å²) in [5, 5.41) is 13.7. The van der Waals surface area contributed by atoms with E-state index >= 15 is 0 Å². The number of rotatable bonds is 3. The summed E-state index contributed by atoms with van der Waals surface area (Å²) in [6, 6.07) is 5.66. The Morgan fingerprint density at radius 3 is 2.83 bits per heavy atom. The van der Waals surface area contributed by atoms with Crippen LogP contribution >= 0.6 is 0 Å². The molecule has 0 aromatic heterocycles. The molecule has 0 saturated carbocycles. The highest BCUT2D eigenvalue weighted by molar-refractivity contribution is 5.93. The van der Waals surface area contributed by atoms with Gasteiger partial charge in [-0.15, -0.1) is 0 Å². The van der Waals surface area contributed by atoms with E-state index in [0.29, 0.717) is 31.7 Å². The van der Waals surface area contributed by atoms with Crippen LogP contribution < -0.4 is 5.32 Å². The number of carbonyl (C=O) groups excluding carboxylic acids is 2. The highest BCUT2D eigenvalue weighted by Crippen LogP contribution is 2.40. The van der Waals surface area contributed by atoms with Crippen LogP contribution in [-0.2, 0) is 22.4 Å². The molecule has 1 atom stereocenters. The number of nitrogens with one attached hydrogen (secondary N) is 1. The first-order chi connectivity index (χ1) is 11.5. The number of nitrogens with zero attached hydrogens (tertiary/aromatic N) is 1. The number of ether oxygens (including phenoxy) is 1. The van der Waals surface area contributed by atoms with Crippen molar-refractivity contribution < 1.29 is 19.5 Å². The third-order valence-corrected chi connectivity index (χ3v) is 5.51. The number of aryl methyl sites for hydroxylation is 1. The Labute approximate surface area is 140 Å². The molecule has 1 spiro atoms. The van der Waals surface area contributed by atoms with Gasteiger partial charge in [0, 0.05) is 29.9 Å². The molecule has 2 aliphatic heterocycles. The second kappa shape index (κ2) is 5.86. The summed E-state index contributed by atoms with van der Waals surface area (Å²) in [6.45, 7) is 2.26. The molecule has 6 nitrogen and oxygen atoms in total. The smallest absolute Gasteiger partial charge is 0.277 e. The molecule has 0 unspecified atom stereocenters. The highest BCUT2D eigenvalue weighted by atomic mass is 16.5. The summed E-state index contributed by atoms with van der Waals surface area (Å²) in [5.41, 5.74) is 2.94. The van der Waals surface area contributed by atoms with Gasteiger partial charge in [-0.2, -0.15) is 0 Å². The van der Waals surface area contributed by atoms with Gasteiger partial charge in [-0.05, 0) is 42.5 Å². The van der Waals surface area contributed by atoms with Crippen molar-refractivity contribution >= 4 is 11.8 Å². The van der Waals surface area contributed by atoms with Gasteiger partial charge in [-0.3, -0.25) is 14.8 Å². The Hall–Kier alpha value is -1.92. The van der Waals surface area contributed by atoms with Crippen LogP contribution in [0, 0.1) is 11.3 Å². The predicted octanol–water partition coefficient (Wildman–Crippen LogP) is 1.16. The van der Waals surface area contributed by atoms with Gasteiger partial charge < -0.3 is 10.1 Å². The molecule has 1 aromatic carbocycles. The van der Waals surface area contributed by atoms with Crippen LogP contribution in [0.3, 0.4) is 0 Å². The van der Waals surface area contributed by atoms with E-state index in [4.69, 9.17) is 4.74 Å². The highest BCUT2D eigenvalue weighted by Gasteiger charge is 2.40. The summed E-state index contributed by atoms with van der Waals surface area (Å²) in [5.74, 6) is 0.00711. The van der Waals surface area contributed by atoms with Crippen molar-refractivity contribution in [3.05, 3.63) is 34.9 Å². The van der Waals surface area contributed by atoms with Gasteiger partial charge >= 0.3 is 0 Å². The summed E-state index contributed by atoms with van der Waals surface area (Å²) in [7, 11) is 0. The lowest BCUT2D eigenvalue weighted by molar-refractivity contribution is -0.119. The fourth-order valence-electron chi connectivity index (χ4n) is 3.98. The van der Waals surface area contributed by atoms with Crippen LogP contribution in [0.25, 0.3) is 0 Å². The molecule has 128 valence electrons. The van der Waals surface area contributed by atoms with Crippen molar-refractivity contribution in [1.82, 2.24) is 10.4 Å². The zero-order valence-corrected chi connectivity index (χ0v) is 13.6. The van der Waals surface area contributed by atoms with Crippen LogP contribution in [-0.4, -0.2) is 48.4 Å². The second-order valence-electron chi connectivity index (χ2n) is 7.40. The molecule has 2 amide bonds. The lowest BCUT2D eigenvalue weighted by Gasteiger charge is -2.33. The molecule has 2 saturated heterocycles. The van der Waals surface area contributed by atoms with Gasteiger partial charge in [0.25, 0.3) is 5.91 Å². The molecule has 1 aliphatic carbocycles. The third kappa shape index (κ3) is 2.80. The zero-order valence-electron chi connectivity index (χ0n) is 13.6. The minimum absolute atomic E-state index is 0.0445. The summed E-state index contributed by atoms with van der Waals surface area (Å²) >= 11 is 0. The van der Waals surface area contributed by atoms with E-state index in [1.54, 1.807) is 6.07 Å². The third-order valence-electron chi connectivity index (χ3n) is 5.51. The van der Waals surface area contributed by atoms with Crippen LogP contribution in [0.15, 0.2) is 18.2 Å². The van der Waals surface area contributed by atoms with E-state index in [-0.39, 0.29) is 23.1 Å². The number of benzene rings is 1. The van der Waals surface area contributed by atoms with Crippen LogP contribution in [0.4, 0.5) is 0 Å². The normalized spacial score (nSPS) is 26.0. The number of amides is 2. The van der Waals surface area contributed by atoms with E-state index < -0.39 is 0 Å². The lowest BCUT2D eigenvalue weighted by Crippen LogP contribution is -2.40. The van der Waals surface area contributed by atoms with Gasteiger partial charge in [0.05, 0.1) is 19.8 Å². The molecule has 0 bridgehead atoms. The van der Waals surface area contributed by atoms with Crippen molar-refractivity contribution in [1.29, 1.82) is 0 Å². The SMILES string of the molecule is O=C1C[C@@]2(CCc3cc(C(=O)N(O)CC4COC4)ccc3C2)CN1. The number of carbonyl (C=O) groups is 2. The second-order valence-corrected chi connectivity index (χ2v) is 7.40. The van der Waals surface area contributed by atoms with Gasteiger partial charge in [0.1, 0.15) is 0 Å².